The first-order valence-electron chi connectivity index (χ1n) is 12.2. The van der Waals surface area contributed by atoms with Crippen molar-refractivity contribution in [1.82, 2.24) is 10.2 Å². The molecule has 0 aromatic heterocycles. The van der Waals surface area contributed by atoms with Gasteiger partial charge >= 0.3 is 0 Å². The van der Waals surface area contributed by atoms with Gasteiger partial charge in [0, 0.05) is 43.3 Å². The molecule has 2 aromatic rings. The average molecular weight is 595 g/mol. The minimum absolute atomic E-state index is 0.0138. The van der Waals surface area contributed by atoms with Crippen LogP contribution in [0.25, 0.3) is 0 Å². The fourth-order valence-corrected chi connectivity index (χ4v) is 5.49. The van der Waals surface area contributed by atoms with Crippen LogP contribution in [0.15, 0.2) is 77.3 Å². The molecular weight excluding hydrogens is 563 g/mol. The summed E-state index contributed by atoms with van der Waals surface area (Å²) in [6.45, 7) is 6.71. The first-order chi connectivity index (χ1) is 18.7. The zero-order valence-corrected chi connectivity index (χ0v) is 24.2. The lowest BCUT2D eigenvalue weighted by Gasteiger charge is -2.39. The van der Waals surface area contributed by atoms with Gasteiger partial charge in [-0.15, -0.1) is 11.8 Å². The standard InChI is InChI=1S/C29H31Cl2F2N3O2S/c1-29(21-7-8-24(30)25(31)16-21)11-10-22(32)5-4-13-36(27(29)17-34-2)19-39-18-20-6-9-26(33)23(15-20)28(37)35-12-14-38-3/h4-10,15-17H,2,11-14,18-19H2,1,3H3,(H,35,37)/b5-4-,22-10+,27-17-. The predicted octanol–water partition coefficient (Wildman–Crippen LogP) is 7.31. The van der Waals surface area contributed by atoms with Gasteiger partial charge in [-0.2, -0.15) is 0 Å². The van der Waals surface area contributed by atoms with Crippen LogP contribution in [0.5, 0.6) is 0 Å². The molecule has 0 fully saturated rings. The highest BCUT2D eigenvalue weighted by atomic mass is 35.5. The number of benzene rings is 2. The first-order valence-corrected chi connectivity index (χ1v) is 14.1. The molecule has 10 heteroatoms. The number of ether oxygens (including phenoxy) is 1. The van der Waals surface area contributed by atoms with E-state index in [0.717, 1.165) is 16.8 Å². The quantitative estimate of drug-likeness (QED) is 0.232. The first kappa shape index (κ1) is 30.9. The van der Waals surface area contributed by atoms with E-state index >= 15 is 0 Å². The van der Waals surface area contributed by atoms with Crippen LogP contribution < -0.4 is 5.32 Å². The average Bonchev–Trinajstić information content (AvgIpc) is 2.97. The highest BCUT2D eigenvalue weighted by molar-refractivity contribution is 7.98. The van der Waals surface area contributed by atoms with E-state index in [9.17, 15) is 13.6 Å². The minimum Gasteiger partial charge on any atom is -0.383 e. The number of carbonyl (C=O) groups excluding carboxylic acids is 1. The number of hydrogen-bond acceptors (Lipinski definition) is 5. The number of amides is 1. The maximum absolute atomic E-state index is 14.5. The fourth-order valence-electron chi connectivity index (χ4n) is 4.22. The molecule has 39 heavy (non-hydrogen) atoms. The van der Waals surface area contributed by atoms with E-state index in [0.29, 0.717) is 41.2 Å². The monoisotopic (exact) mass is 593 g/mol. The van der Waals surface area contributed by atoms with E-state index < -0.39 is 17.1 Å². The van der Waals surface area contributed by atoms with Gasteiger partial charge in [0.05, 0.1) is 28.1 Å². The second-order valence-electron chi connectivity index (χ2n) is 9.12. The third-order valence-corrected chi connectivity index (χ3v) is 8.14. The summed E-state index contributed by atoms with van der Waals surface area (Å²) in [5.41, 5.74) is 1.78. The number of allylic oxidation sites excluding steroid dienone is 4. The van der Waals surface area contributed by atoms with Crippen molar-refractivity contribution in [3.05, 3.63) is 105 Å². The van der Waals surface area contributed by atoms with Crippen LogP contribution in [0.3, 0.4) is 0 Å². The number of nitrogens with one attached hydrogen (secondary N) is 1. The number of nitrogens with zero attached hydrogens (tertiary/aromatic N) is 2. The molecule has 0 saturated carbocycles. The normalized spacial score (nSPS) is 20.9. The fraction of sp³-hybridized carbons (Fsp3) is 0.310. The molecule has 208 valence electrons. The van der Waals surface area contributed by atoms with Crippen LogP contribution in [0, 0.1) is 5.82 Å². The molecular formula is C29H31Cl2F2N3O2S. The molecule has 2 aromatic carbocycles. The molecule has 5 nitrogen and oxygen atoms in total. The molecule has 3 rings (SSSR count). The molecule has 1 N–H and O–H groups in total. The molecule has 0 bridgehead atoms. The van der Waals surface area contributed by atoms with Crippen LogP contribution in [-0.4, -0.2) is 50.2 Å². The number of rotatable bonds is 10. The molecule has 0 spiro atoms. The van der Waals surface area contributed by atoms with E-state index in [-0.39, 0.29) is 17.9 Å². The maximum Gasteiger partial charge on any atom is 0.254 e. The third-order valence-electron chi connectivity index (χ3n) is 6.37. The van der Waals surface area contributed by atoms with Crippen LogP contribution >= 0.6 is 35.0 Å². The lowest BCUT2D eigenvalue weighted by molar-refractivity contribution is 0.0933. The number of halogens is 4. The van der Waals surface area contributed by atoms with Gasteiger partial charge in [-0.25, -0.2) is 8.78 Å². The summed E-state index contributed by atoms with van der Waals surface area (Å²) in [6.07, 6.45) is 6.79. The Morgan fingerprint density at radius 3 is 2.77 bits per heavy atom. The smallest absolute Gasteiger partial charge is 0.254 e. The van der Waals surface area contributed by atoms with Crippen LogP contribution in [0.2, 0.25) is 10.0 Å². The van der Waals surface area contributed by atoms with Crippen molar-refractivity contribution in [3.63, 3.8) is 0 Å². The Bertz CT molecular complexity index is 1290. The van der Waals surface area contributed by atoms with E-state index in [1.54, 1.807) is 54.4 Å². The molecule has 1 atom stereocenters. The van der Waals surface area contributed by atoms with Crippen molar-refractivity contribution in [1.29, 1.82) is 0 Å². The Morgan fingerprint density at radius 2 is 2.05 bits per heavy atom. The number of carbonyl (C=O) groups is 1. The summed E-state index contributed by atoms with van der Waals surface area (Å²) in [4.78, 5) is 18.6. The SMILES string of the molecule is C=N/C=C1\N(CSCc2ccc(F)c(C(=O)NCCOC)c2)C/C=C\C(F)=C/CC1(C)c1ccc(Cl)c(Cl)c1. The van der Waals surface area contributed by atoms with Gasteiger partial charge in [0.1, 0.15) is 11.6 Å². The molecule has 0 radical (unpaired) electrons. The summed E-state index contributed by atoms with van der Waals surface area (Å²) < 4.78 is 33.8. The highest BCUT2D eigenvalue weighted by Crippen LogP contribution is 2.41. The van der Waals surface area contributed by atoms with E-state index in [2.05, 4.69) is 21.9 Å². The second-order valence-corrected chi connectivity index (χ2v) is 10.9. The van der Waals surface area contributed by atoms with Crippen LogP contribution in [-0.2, 0) is 15.9 Å². The van der Waals surface area contributed by atoms with E-state index in [1.165, 1.54) is 19.3 Å². The lowest BCUT2D eigenvalue weighted by atomic mass is 9.76. The van der Waals surface area contributed by atoms with E-state index in [1.807, 2.05) is 13.0 Å². The van der Waals surface area contributed by atoms with Crippen LogP contribution in [0.1, 0.15) is 34.8 Å². The largest absolute Gasteiger partial charge is 0.383 e. The number of hydrogen-bond donors (Lipinski definition) is 1. The van der Waals surface area contributed by atoms with Crippen molar-refractivity contribution in [2.75, 3.05) is 32.7 Å². The maximum atomic E-state index is 14.5. The van der Waals surface area contributed by atoms with Gasteiger partial charge in [0.15, 0.2) is 0 Å². The van der Waals surface area contributed by atoms with Crippen molar-refractivity contribution < 1.29 is 18.3 Å². The molecule has 1 aliphatic rings. The Hall–Kier alpha value is -2.65. The van der Waals surface area contributed by atoms with Gasteiger partial charge in [-0.05, 0) is 67.6 Å². The van der Waals surface area contributed by atoms with Crippen molar-refractivity contribution in [3.8, 4) is 0 Å². The Kier molecular flexibility index (Phi) is 11.6. The van der Waals surface area contributed by atoms with Gasteiger partial charge in [0.2, 0.25) is 0 Å². The number of methoxy groups -OCH3 is 1. The highest BCUT2D eigenvalue weighted by Gasteiger charge is 2.35. The predicted molar refractivity (Wildman–Crippen MR) is 158 cm³/mol. The molecule has 1 unspecified atom stereocenters. The summed E-state index contributed by atoms with van der Waals surface area (Å²) in [6, 6.07) is 9.92. The molecule has 0 saturated heterocycles. The van der Waals surface area contributed by atoms with Crippen molar-refractivity contribution >= 4 is 47.6 Å². The van der Waals surface area contributed by atoms with Gasteiger partial charge in [-0.3, -0.25) is 9.79 Å². The van der Waals surface area contributed by atoms with E-state index in [4.69, 9.17) is 27.9 Å². The molecule has 1 heterocycles. The summed E-state index contributed by atoms with van der Waals surface area (Å²) in [5, 5.41) is 3.48. The molecule has 1 aliphatic heterocycles. The summed E-state index contributed by atoms with van der Waals surface area (Å²) in [5.74, 6) is -0.376. The Morgan fingerprint density at radius 1 is 1.26 bits per heavy atom. The van der Waals surface area contributed by atoms with Crippen molar-refractivity contribution in [2.45, 2.75) is 24.5 Å². The number of thioether (sulfide) groups is 1. The summed E-state index contributed by atoms with van der Waals surface area (Å²) in [7, 11) is 1.53. The van der Waals surface area contributed by atoms with Crippen LogP contribution in [0.4, 0.5) is 8.78 Å². The minimum atomic E-state index is -0.692. The number of aliphatic imine (C=N–C) groups is 1. The molecule has 0 aliphatic carbocycles. The van der Waals surface area contributed by atoms with Gasteiger partial charge in [-0.1, -0.05) is 41.4 Å². The zero-order valence-electron chi connectivity index (χ0n) is 21.9. The topological polar surface area (TPSA) is 53.9 Å². The Balaban J connectivity index is 1.85. The third kappa shape index (κ3) is 8.18. The van der Waals surface area contributed by atoms with Crippen molar-refractivity contribution in [2.24, 2.45) is 4.99 Å². The van der Waals surface area contributed by atoms with Gasteiger partial charge < -0.3 is 15.0 Å². The molecule has 1 amide bonds. The lowest BCUT2D eigenvalue weighted by Crippen LogP contribution is -2.36. The summed E-state index contributed by atoms with van der Waals surface area (Å²) >= 11 is 14.1. The van der Waals surface area contributed by atoms with Gasteiger partial charge in [0.25, 0.3) is 5.91 Å². The Labute approximate surface area is 242 Å². The second kappa shape index (κ2) is 14.7. The zero-order chi connectivity index (χ0) is 28.4.